The lowest BCUT2D eigenvalue weighted by Gasteiger charge is -2.40. The van der Waals surface area contributed by atoms with Crippen LogP contribution in [0.5, 0.6) is 0 Å². The first-order valence-electron chi connectivity index (χ1n) is 16.6. The van der Waals surface area contributed by atoms with Gasteiger partial charge in [-0.3, -0.25) is 4.57 Å². The summed E-state index contributed by atoms with van der Waals surface area (Å²) in [5.41, 5.74) is 6.13. The number of amides is 2. The third kappa shape index (κ3) is 7.37. The Hall–Kier alpha value is -4.74. The van der Waals surface area contributed by atoms with Crippen molar-refractivity contribution in [3.8, 4) is 0 Å². The third-order valence-corrected chi connectivity index (χ3v) is 9.34. The Balaban J connectivity index is 1.03. The summed E-state index contributed by atoms with van der Waals surface area (Å²) in [6.45, 7) is 2.86. The highest BCUT2D eigenvalue weighted by molar-refractivity contribution is 5.89. The van der Waals surface area contributed by atoms with Crippen molar-refractivity contribution in [2.75, 3.05) is 25.0 Å². The minimum Gasteiger partial charge on any atom is -0.392 e. The van der Waals surface area contributed by atoms with Crippen molar-refractivity contribution in [1.82, 2.24) is 19.8 Å². The van der Waals surface area contributed by atoms with Gasteiger partial charge in [0.05, 0.1) is 29.8 Å². The lowest BCUT2D eigenvalue weighted by molar-refractivity contribution is -0.253. The number of aliphatic hydroxyl groups excluding tert-OH is 1. The number of benzene rings is 4. The van der Waals surface area contributed by atoms with Gasteiger partial charge in [0.1, 0.15) is 0 Å². The molecule has 248 valence electrons. The fourth-order valence-electron chi connectivity index (χ4n) is 6.83. The van der Waals surface area contributed by atoms with E-state index < -0.39 is 6.29 Å². The van der Waals surface area contributed by atoms with Crippen molar-refractivity contribution in [3.63, 3.8) is 0 Å². The van der Waals surface area contributed by atoms with Gasteiger partial charge in [0, 0.05) is 49.9 Å². The van der Waals surface area contributed by atoms with Gasteiger partial charge in [0.25, 0.3) is 0 Å². The largest absolute Gasteiger partial charge is 0.392 e. The van der Waals surface area contributed by atoms with Crippen molar-refractivity contribution in [2.24, 2.45) is 0 Å². The molecule has 2 amide bonds. The quantitative estimate of drug-likeness (QED) is 0.155. The second-order valence-electron chi connectivity index (χ2n) is 12.6. The number of carbonyl (C=O) groups is 1. The summed E-state index contributed by atoms with van der Waals surface area (Å²) < 4.78 is 15.1. The molecule has 0 saturated carbocycles. The molecule has 2 aliphatic heterocycles. The van der Waals surface area contributed by atoms with Crippen LogP contribution in [-0.2, 0) is 22.6 Å². The van der Waals surface area contributed by atoms with Gasteiger partial charge in [-0.2, -0.15) is 0 Å². The summed E-state index contributed by atoms with van der Waals surface area (Å²) in [7, 11) is 0. The topological polar surface area (TPSA) is 121 Å². The number of imidazole rings is 1. The van der Waals surface area contributed by atoms with Gasteiger partial charge in [0.2, 0.25) is 0 Å². The number of hydrogen-bond acceptors (Lipinski definition) is 6. The van der Waals surface area contributed by atoms with E-state index >= 15 is 0 Å². The summed E-state index contributed by atoms with van der Waals surface area (Å²) in [5.74, 6) is 0. The van der Waals surface area contributed by atoms with Crippen LogP contribution in [0.15, 0.2) is 108 Å². The van der Waals surface area contributed by atoms with E-state index in [-0.39, 0.29) is 36.6 Å². The van der Waals surface area contributed by atoms with Gasteiger partial charge in [-0.25, -0.2) is 9.59 Å². The average molecular weight is 648 g/mol. The van der Waals surface area contributed by atoms with Crippen molar-refractivity contribution in [3.05, 3.63) is 136 Å². The van der Waals surface area contributed by atoms with Crippen LogP contribution in [0.3, 0.4) is 0 Å². The number of ether oxygens (including phenoxy) is 2. The predicted molar refractivity (Wildman–Crippen MR) is 184 cm³/mol. The van der Waals surface area contributed by atoms with Crippen LogP contribution in [0.25, 0.3) is 11.0 Å². The number of nitrogens with zero attached hydrogens (tertiary/aromatic N) is 2. The molecule has 0 bridgehead atoms. The van der Waals surface area contributed by atoms with Gasteiger partial charge < -0.3 is 35.1 Å². The fourth-order valence-corrected chi connectivity index (χ4v) is 6.83. The number of aromatic nitrogens is 2. The van der Waals surface area contributed by atoms with Crippen LogP contribution in [0.2, 0.25) is 0 Å². The number of rotatable bonds is 9. The molecule has 0 spiro atoms. The molecule has 3 atom stereocenters. The number of urea groups is 1. The molecule has 3 heterocycles. The monoisotopic (exact) mass is 647 g/mol. The normalized spacial score (nSPS) is 20.5. The second kappa shape index (κ2) is 14.6. The zero-order chi connectivity index (χ0) is 32.9. The van der Waals surface area contributed by atoms with E-state index in [0.29, 0.717) is 18.7 Å². The molecule has 5 aromatic rings. The third-order valence-electron chi connectivity index (χ3n) is 9.34. The molecule has 10 nitrogen and oxygen atoms in total. The molecule has 0 unspecified atom stereocenters. The first kappa shape index (κ1) is 31.8. The van der Waals surface area contributed by atoms with Gasteiger partial charge in [-0.15, -0.1) is 0 Å². The molecule has 7 rings (SSSR count). The molecular formula is C38H41N5O5. The number of para-hydroxylation sites is 2. The van der Waals surface area contributed by atoms with E-state index in [1.54, 1.807) is 0 Å². The number of fused-ring (bicyclic) bond motifs is 1. The van der Waals surface area contributed by atoms with E-state index in [1.807, 2.05) is 108 Å². The molecule has 2 saturated heterocycles. The lowest BCUT2D eigenvalue weighted by Crippen LogP contribution is -2.43. The number of piperidine rings is 1. The van der Waals surface area contributed by atoms with Gasteiger partial charge >= 0.3 is 11.7 Å². The average Bonchev–Trinajstić information content (AvgIpc) is 3.47. The summed E-state index contributed by atoms with van der Waals surface area (Å²) in [5, 5.41) is 15.4. The summed E-state index contributed by atoms with van der Waals surface area (Å²) >= 11 is 0. The molecule has 2 aliphatic rings. The van der Waals surface area contributed by atoms with E-state index in [9.17, 15) is 14.7 Å². The highest BCUT2D eigenvalue weighted by Crippen LogP contribution is 2.39. The van der Waals surface area contributed by atoms with Crippen molar-refractivity contribution < 1.29 is 19.4 Å². The number of hydrogen-bond donors (Lipinski definition) is 4. The maximum Gasteiger partial charge on any atom is 0.326 e. The maximum atomic E-state index is 12.8. The molecular weight excluding hydrogens is 606 g/mol. The predicted octanol–water partition coefficient (Wildman–Crippen LogP) is 6.03. The zero-order valence-electron chi connectivity index (χ0n) is 26.8. The number of carbonyl (C=O) groups excluding carboxylic acids is 1. The van der Waals surface area contributed by atoms with E-state index in [0.717, 1.165) is 65.8 Å². The Morgan fingerprint density at radius 1 is 0.854 bits per heavy atom. The van der Waals surface area contributed by atoms with Crippen molar-refractivity contribution in [1.29, 1.82) is 0 Å². The summed E-state index contributed by atoms with van der Waals surface area (Å²) in [6.07, 6.45) is 1.47. The van der Waals surface area contributed by atoms with E-state index in [1.165, 1.54) is 0 Å². The van der Waals surface area contributed by atoms with Crippen LogP contribution in [-0.4, -0.2) is 51.3 Å². The summed E-state index contributed by atoms with van der Waals surface area (Å²) in [6, 6.07) is 32.9. The van der Waals surface area contributed by atoms with Crippen LogP contribution in [0.4, 0.5) is 10.5 Å². The highest BCUT2D eigenvalue weighted by atomic mass is 16.7. The van der Waals surface area contributed by atoms with E-state index in [4.69, 9.17) is 9.47 Å². The second-order valence-corrected chi connectivity index (χ2v) is 12.6. The number of aromatic amines is 1. The highest BCUT2D eigenvalue weighted by Gasteiger charge is 2.34. The standard InChI is InChI=1S/C38H41N5O5/c44-25-27-13-15-28(16-14-27)35-22-32(24-42-19-17-31(18-20-42)43-34-12-5-4-11-33(34)41-38(43)46)47-36(48-35)29-9-6-10-30(21-29)40-37(45)39-23-26-7-2-1-3-8-26/h1-16,21,31-32,35-36,44H,17-20,22-25H2,(H,41,46)(H2,39,40,45)/t32-,35+,36+/m0/s1. The van der Waals surface area contributed by atoms with Gasteiger partial charge in [-0.05, 0) is 53.8 Å². The smallest absolute Gasteiger partial charge is 0.326 e. The van der Waals surface area contributed by atoms with Gasteiger partial charge in [0.15, 0.2) is 6.29 Å². The summed E-state index contributed by atoms with van der Waals surface area (Å²) in [4.78, 5) is 30.9. The molecule has 4 aromatic carbocycles. The lowest BCUT2D eigenvalue weighted by atomic mass is 9.98. The first-order valence-corrected chi connectivity index (χ1v) is 16.6. The minimum absolute atomic E-state index is 0.0144. The molecule has 1 aromatic heterocycles. The van der Waals surface area contributed by atoms with E-state index in [2.05, 4.69) is 20.5 Å². The van der Waals surface area contributed by atoms with Crippen LogP contribution in [0.1, 0.15) is 60.0 Å². The fraction of sp³-hybridized carbons (Fsp3) is 0.316. The molecule has 4 N–H and O–H groups in total. The molecule has 0 radical (unpaired) electrons. The van der Waals surface area contributed by atoms with Crippen LogP contribution in [0, 0.1) is 0 Å². The Labute approximate surface area is 279 Å². The Kier molecular flexibility index (Phi) is 9.67. The SMILES string of the molecule is O=C(NCc1ccccc1)Nc1cccc([C@@H]2O[C@H](CN3CCC(n4c(=O)[nH]c5ccccc54)CC3)C[C@H](c3ccc(CO)cc3)O2)c1. The minimum atomic E-state index is -0.636. The van der Waals surface area contributed by atoms with Crippen molar-refractivity contribution in [2.45, 2.75) is 57.0 Å². The van der Waals surface area contributed by atoms with Crippen LogP contribution >= 0.6 is 0 Å². The number of H-pyrrole nitrogens is 1. The zero-order valence-corrected chi connectivity index (χ0v) is 26.8. The maximum absolute atomic E-state index is 12.8. The molecule has 2 fully saturated rings. The number of nitrogens with one attached hydrogen (secondary N) is 3. The number of likely N-dealkylation sites (tertiary alicyclic amines) is 1. The molecule has 48 heavy (non-hydrogen) atoms. The molecule has 0 aliphatic carbocycles. The van der Waals surface area contributed by atoms with Crippen LogP contribution < -0.4 is 16.3 Å². The number of aliphatic hydroxyl groups is 1. The Bertz CT molecular complexity index is 1880. The first-order chi connectivity index (χ1) is 23.5. The Morgan fingerprint density at radius 3 is 2.42 bits per heavy atom. The van der Waals surface area contributed by atoms with Gasteiger partial charge in [-0.1, -0.05) is 78.9 Å². The molecule has 10 heteroatoms. The Morgan fingerprint density at radius 2 is 1.62 bits per heavy atom. The number of anilines is 1. The van der Waals surface area contributed by atoms with Crippen molar-refractivity contribution >= 4 is 22.8 Å².